The van der Waals surface area contributed by atoms with Crippen LogP contribution in [0.5, 0.6) is 0 Å². The van der Waals surface area contributed by atoms with Gasteiger partial charge in [0.15, 0.2) is 0 Å². The largest absolute Gasteiger partial charge is 0.383 e. The zero-order valence-corrected chi connectivity index (χ0v) is 19.6. The van der Waals surface area contributed by atoms with E-state index in [-0.39, 0.29) is 17.6 Å². The Kier molecular flexibility index (Phi) is 9.71. The number of nitrogens with one attached hydrogen (secondary N) is 2. The number of anilines is 2. The van der Waals surface area contributed by atoms with Gasteiger partial charge in [-0.15, -0.1) is 0 Å². The number of nitrogens with two attached hydrogens (primary N) is 1. The van der Waals surface area contributed by atoms with Crippen molar-refractivity contribution in [2.24, 2.45) is 16.1 Å². The Balaban J connectivity index is 1.93. The number of amidine groups is 1. The van der Waals surface area contributed by atoms with Gasteiger partial charge in [-0.2, -0.15) is 4.99 Å². The molecule has 0 saturated heterocycles. The topological polar surface area (TPSA) is 96.6 Å². The van der Waals surface area contributed by atoms with Crippen LogP contribution in [0.4, 0.5) is 15.8 Å². The Morgan fingerprint density at radius 1 is 1.09 bits per heavy atom. The molecule has 0 spiro atoms. The van der Waals surface area contributed by atoms with Crippen LogP contribution < -0.4 is 15.8 Å². The summed E-state index contributed by atoms with van der Waals surface area (Å²) >= 11 is 1.39. The van der Waals surface area contributed by atoms with Crippen molar-refractivity contribution >= 4 is 41.0 Å². The molecule has 0 aliphatic carbocycles. The van der Waals surface area contributed by atoms with Gasteiger partial charge in [-0.05, 0) is 62.5 Å². The van der Waals surface area contributed by atoms with Gasteiger partial charge in [0, 0.05) is 28.3 Å². The van der Waals surface area contributed by atoms with E-state index in [1.165, 1.54) is 11.9 Å². The van der Waals surface area contributed by atoms with Crippen molar-refractivity contribution in [2.75, 3.05) is 16.7 Å². The summed E-state index contributed by atoms with van der Waals surface area (Å²) in [6.07, 6.45) is 3.30. The third-order valence-corrected chi connectivity index (χ3v) is 5.59. The normalized spacial score (nSPS) is 11.8. The molecule has 32 heavy (non-hydrogen) atoms. The lowest BCUT2D eigenvalue weighted by Crippen LogP contribution is -2.32. The van der Waals surface area contributed by atoms with E-state index in [2.05, 4.69) is 22.0 Å². The molecular weight excluding hydrogens is 427 g/mol. The number of rotatable bonds is 11. The Morgan fingerprint density at radius 2 is 1.78 bits per heavy atom. The van der Waals surface area contributed by atoms with Crippen LogP contribution in [0.2, 0.25) is 0 Å². The molecule has 2 aromatic rings. The third kappa shape index (κ3) is 8.00. The van der Waals surface area contributed by atoms with Gasteiger partial charge in [-0.1, -0.05) is 38.0 Å². The van der Waals surface area contributed by atoms with E-state index in [1.807, 2.05) is 30.3 Å². The molecule has 2 rings (SSSR count). The summed E-state index contributed by atoms with van der Waals surface area (Å²) in [6.45, 7) is 4.47. The van der Waals surface area contributed by atoms with E-state index in [0.717, 1.165) is 29.8 Å². The maximum Gasteiger partial charge on any atom is 0.247 e. The number of hydrogen-bond acceptors (Lipinski definition) is 4. The van der Waals surface area contributed by atoms with Crippen molar-refractivity contribution in [3.8, 4) is 0 Å². The summed E-state index contributed by atoms with van der Waals surface area (Å²) in [5, 5.41) is 2.74. The summed E-state index contributed by atoms with van der Waals surface area (Å²) in [7, 11) is 0. The highest BCUT2D eigenvalue weighted by Crippen LogP contribution is 2.25. The average molecular weight is 459 g/mol. The molecule has 0 aliphatic rings. The number of nitrogens with zero attached hydrogens (tertiary/aromatic N) is 1. The Labute approximate surface area is 193 Å². The van der Waals surface area contributed by atoms with Crippen LogP contribution in [0.25, 0.3) is 0 Å². The first-order valence-corrected chi connectivity index (χ1v) is 11.4. The van der Waals surface area contributed by atoms with Crippen LogP contribution in [0.1, 0.15) is 52.0 Å². The summed E-state index contributed by atoms with van der Waals surface area (Å²) in [6, 6.07) is 14.6. The minimum Gasteiger partial charge on any atom is -0.383 e. The number of unbranched alkanes of at least 4 members (excludes halogenated alkanes) is 2. The average Bonchev–Trinajstić information content (AvgIpc) is 2.78. The molecule has 0 radical (unpaired) electrons. The molecule has 0 aromatic heterocycles. The predicted molar refractivity (Wildman–Crippen MR) is 131 cm³/mol. The number of hydrogen-bond donors (Lipinski definition) is 3. The van der Waals surface area contributed by atoms with E-state index < -0.39 is 12.1 Å². The molecule has 0 bridgehead atoms. The van der Waals surface area contributed by atoms with Crippen molar-refractivity contribution in [1.29, 1.82) is 0 Å². The summed E-state index contributed by atoms with van der Waals surface area (Å²) in [5.74, 6) is -0.350. The Hall–Kier alpha value is -2.87. The number of benzene rings is 2. The molecule has 0 aliphatic heterocycles. The Morgan fingerprint density at radius 3 is 2.44 bits per heavy atom. The van der Waals surface area contributed by atoms with Gasteiger partial charge in [0.1, 0.15) is 12.5 Å². The van der Waals surface area contributed by atoms with Crippen LogP contribution in [0.15, 0.2) is 58.4 Å². The van der Waals surface area contributed by atoms with E-state index in [0.29, 0.717) is 17.7 Å². The first kappa shape index (κ1) is 25.4. The standard InChI is InChI=1S/C24H31FN4O2S/c1-4-5-6-10-21(30)28-22(26)17-11-13-20(14-12-17)32-29-19-9-7-8-18(15-19)27-23(31)24(2,3)16-25/h7-9,11-15,29H,4-6,10,16H2,1-3H3,(H,27,31)(H2,26,28,30). The van der Waals surface area contributed by atoms with Gasteiger partial charge in [-0.3, -0.25) is 9.59 Å². The summed E-state index contributed by atoms with van der Waals surface area (Å²) in [5.41, 5.74) is 6.95. The second-order valence-electron chi connectivity index (χ2n) is 8.13. The zero-order chi connectivity index (χ0) is 23.6. The lowest BCUT2D eigenvalue weighted by atomic mass is 9.94. The molecule has 0 heterocycles. The van der Waals surface area contributed by atoms with Gasteiger partial charge < -0.3 is 15.8 Å². The van der Waals surface area contributed by atoms with Crippen LogP contribution >= 0.6 is 11.9 Å². The number of carbonyl (C=O) groups excluding carboxylic acids is 2. The number of alkyl halides is 1. The first-order chi connectivity index (χ1) is 15.2. The van der Waals surface area contributed by atoms with E-state index in [1.54, 1.807) is 32.0 Å². The van der Waals surface area contributed by atoms with Crippen LogP contribution in [-0.2, 0) is 9.59 Å². The fourth-order valence-corrected chi connectivity index (χ4v) is 3.25. The lowest BCUT2D eigenvalue weighted by Gasteiger charge is -2.19. The molecular formula is C24H31FN4O2S. The predicted octanol–water partition coefficient (Wildman–Crippen LogP) is 5.55. The van der Waals surface area contributed by atoms with Gasteiger partial charge in [0.05, 0.1) is 5.41 Å². The second kappa shape index (κ2) is 12.2. The van der Waals surface area contributed by atoms with E-state index in [4.69, 9.17) is 5.73 Å². The third-order valence-electron chi connectivity index (χ3n) is 4.75. The minimum absolute atomic E-state index is 0.196. The van der Waals surface area contributed by atoms with Crippen molar-refractivity contribution in [3.63, 3.8) is 0 Å². The molecule has 172 valence electrons. The van der Waals surface area contributed by atoms with Crippen molar-refractivity contribution in [3.05, 3.63) is 54.1 Å². The molecule has 2 amide bonds. The van der Waals surface area contributed by atoms with Crippen LogP contribution in [-0.4, -0.2) is 24.3 Å². The van der Waals surface area contributed by atoms with Gasteiger partial charge in [0.2, 0.25) is 11.8 Å². The second-order valence-corrected chi connectivity index (χ2v) is 9.01. The van der Waals surface area contributed by atoms with Crippen molar-refractivity contribution < 1.29 is 14.0 Å². The molecule has 0 unspecified atom stereocenters. The summed E-state index contributed by atoms with van der Waals surface area (Å²) < 4.78 is 16.2. The van der Waals surface area contributed by atoms with Crippen molar-refractivity contribution in [2.45, 2.75) is 51.3 Å². The molecule has 0 saturated carbocycles. The fourth-order valence-electron chi connectivity index (χ4n) is 2.61. The Bertz CT molecular complexity index is 945. The van der Waals surface area contributed by atoms with Gasteiger partial charge >= 0.3 is 0 Å². The van der Waals surface area contributed by atoms with E-state index in [9.17, 15) is 14.0 Å². The maximum absolute atomic E-state index is 13.0. The number of halogens is 1. The molecule has 6 nitrogen and oxygen atoms in total. The van der Waals surface area contributed by atoms with Crippen LogP contribution in [0, 0.1) is 5.41 Å². The number of aliphatic imine (C=N–C) groups is 1. The van der Waals surface area contributed by atoms with Crippen LogP contribution in [0.3, 0.4) is 0 Å². The van der Waals surface area contributed by atoms with Crippen molar-refractivity contribution in [1.82, 2.24) is 0 Å². The minimum atomic E-state index is -1.08. The quantitative estimate of drug-likeness (QED) is 0.177. The highest BCUT2D eigenvalue weighted by atomic mass is 32.2. The fraction of sp³-hybridized carbons (Fsp3) is 0.375. The number of carbonyl (C=O) groups is 2. The van der Waals surface area contributed by atoms with E-state index >= 15 is 0 Å². The summed E-state index contributed by atoms with van der Waals surface area (Å²) in [4.78, 5) is 28.9. The van der Waals surface area contributed by atoms with Gasteiger partial charge in [0.25, 0.3) is 0 Å². The smallest absolute Gasteiger partial charge is 0.247 e. The number of amides is 2. The molecule has 0 fully saturated rings. The highest BCUT2D eigenvalue weighted by molar-refractivity contribution is 8.00. The van der Waals surface area contributed by atoms with Gasteiger partial charge in [-0.25, -0.2) is 4.39 Å². The SMILES string of the molecule is CCCCCC(=O)N=C(N)c1ccc(SNc2cccc(NC(=O)C(C)(C)CF)c2)cc1. The molecule has 4 N–H and O–H groups in total. The molecule has 2 aromatic carbocycles. The molecule has 0 atom stereocenters. The highest BCUT2D eigenvalue weighted by Gasteiger charge is 2.27. The lowest BCUT2D eigenvalue weighted by molar-refractivity contribution is -0.124. The molecule has 8 heteroatoms. The first-order valence-electron chi connectivity index (χ1n) is 10.6. The maximum atomic E-state index is 13.0. The zero-order valence-electron chi connectivity index (χ0n) is 18.8. The monoisotopic (exact) mass is 458 g/mol.